The highest BCUT2D eigenvalue weighted by Crippen LogP contribution is 2.33. The summed E-state index contributed by atoms with van der Waals surface area (Å²) in [5.41, 5.74) is 0. The maximum atomic E-state index is 12.0. The number of likely N-dealkylation sites (tertiary alicyclic amines) is 1. The smallest absolute Gasteiger partial charge is 0.246 e. The van der Waals surface area contributed by atoms with E-state index in [0.717, 1.165) is 4.88 Å². The van der Waals surface area contributed by atoms with Crippen LogP contribution in [0.25, 0.3) is 6.08 Å². The normalized spacial score (nSPS) is 29.2. The second kappa shape index (κ2) is 4.20. The summed E-state index contributed by atoms with van der Waals surface area (Å²) in [4.78, 5) is 14.7. The number of sulfone groups is 1. The van der Waals surface area contributed by atoms with Crippen LogP contribution in [-0.4, -0.2) is 42.8 Å². The summed E-state index contributed by atoms with van der Waals surface area (Å²) in [6.45, 7) is 0.362. The third kappa shape index (κ3) is 1.99. The quantitative estimate of drug-likeness (QED) is 0.765. The van der Waals surface area contributed by atoms with E-state index in [0.29, 0.717) is 13.0 Å². The van der Waals surface area contributed by atoms with Gasteiger partial charge in [0.1, 0.15) is 0 Å². The molecule has 0 radical (unpaired) electrons. The number of amides is 1. The Hall–Kier alpha value is -1.14. The predicted octanol–water partition coefficient (Wildman–Crippen LogP) is 1.16. The zero-order valence-corrected chi connectivity index (χ0v) is 11.3. The van der Waals surface area contributed by atoms with Gasteiger partial charge in [-0.05, 0) is 23.9 Å². The summed E-state index contributed by atoms with van der Waals surface area (Å²) in [6.07, 6.45) is 3.94. The number of carbonyl (C=O) groups excluding carboxylic acids is 1. The second-order valence-electron chi connectivity index (χ2n) is 4.68. The molecule has 0 aromatic carbocycles. The number of fused-ring (bicyclic) bond motifs is 2. The van der Waals surface area contributed by atoms with E-state index in [1.807, 2.05) is 17.5 Å². The van der Waals surface area contributed by atoms with Gasteiger partial charge in [0, 0.05) is 23.5 Å². The van der Waals surface area contributed by atoms with Gasteiger partial charge >= 0.3 is 0 Å². The van der Waals surface area contributed by atoms with E-state index in [1.54, 1.807) is 28.4 Å². The molecule has 0 saturated carbocycles. The Morgan fingerprint density at radius 2 is 2.33 bits per heavy atom. The Balaban J connectivity index is 1.69. The fourth-order valence-electron chi connectivity index (χ4n) is 2.60. The van der Waals surface area contributed by atoms with Crippen LogP contribution in [0.4, 0.5) is 0 Å². The van der Waals surface area contributed by atoms with Crippen LogP contribution in [0.3, 0.4) is 0 Å². The van der Waals surface area contributed by atoms with Gasteiger partial charge in [-0.15, -0.1) is 11.3 Å². The van der Waals surface area contributed by atoms with Crippen LogP contribution in [0.5, 0.6) is 0 Å². The van der Waals surface area contributed by atoms with E-state index in [2.05, 4.69) is 0 Å². The molecule has 2 bridgehead atoms. The molecule has 1 amide bonds. The maximum Gasteiger partial charge on any atom is 0.246 e. The highest BCUT2D eigenvalue weighted by atomic mass is 32.2. The number of nitrogens with zero attached hydrogens (tertiary/aromatic N) is 1. The third-order valence-corrected chi connectivity index (χ3v) is 6.57. The standard InChI is InChI=1S/C12H13NO3S2/c14-12(4-3-10-2-1-5-17-10)13-7-11-6-9(13)8-18(11,15)16/h1-5,9,11H,6-8H2/b4-3+. The fourth-order valence-corrected chi connectivity index (χ4v) is 5.25. The number of hydrogen-bond acceptors (Lipinski definition) is 4. The van der Waals surface area contributed by atoms with E-state index < -0.39 is 9.84 Å². The molecule has 2 aliphatic rings. The SMILES string of the molecule is O=C(/C=C/c1cccs1)N1CC2CC1CS2(=O)=O. The fraction of sp³-hybridized carbons (Fsp3) is 0.417. The van der Waals surface area contributed by atoms with Gasteiger partial charge < -0.3 is 4.90 Å². The van der Waals surface area contributed by atoms with Gasteiger partial charge in [0.25, 0.3) is 0 Å². The van der Waals surface area contributed by atoms with Gasteiger partial charge in [-0.2, -0.15) is 0 Å². The molecular weight excluding hydrogens is 270 g/mol. The highest BCUT2D eigenvalue weighted by Gasteiger charge is 2.49. The Labute approximate surface area is 110 Å². The molecule has 96 valence electrons. The Morgan fingerprint density at radius 3 is 2.89 bits per heavy atom. The van der Waals surface area contributed by atoms with Gasteiger partial charge in [-0.1, -0.05) is 6.07 Å². The third-order valence-electron chi connectivity index (χ3n) is 3.53. The van der Waals surface area contributed by atoms with Crippen molar-refractivity contribution in [1.82, 2.24) is 4.90 Å². The Morgan fingerprint density at radius 1 is 1.50 bits per heavy atom. The zero-order valence-electron chi connectivity index (χ0n) is 9.65. The van der Waals surface area contributed by atoms with Crippen LogP contribution in [0.2, 0.25) is 0 Å². The summed E-state index contributed by atoms with van der Waals surface area (Å²) < 4.78 is 23.2. The largest absolute Gasteiger partial charge is 0.334 e. The van der Waals surface area contributed by atoms with Crippen LogP contribution in [0, 0.1) is 0 Å². The molecule has 1 aromatic heterocycles. The highest BCUT2D eigenvalue weighted by molar-refractivity contribution is 7.92. The van der Waals surface area contributed by atoms with Crippen molar-refractivity contribution in [2.75, 3.05) is 12.3 Å². The predicted molar refractivity (Wildman–Crippen MR) is 71.0 cm³/mol. The molecular formula is C12H13NO3S2. The van der Waals surface area contributed by atoms with Crippen molar-refractivity contribution in [3.63, 3.8) is 0 Å². The maximum absolute atomic E-state index is 12.0. The first-order chi connectivity index (χ1) is 8.56. The Bertz CT molecular complexity index is 589. The molecule has 2 fully saturated rings. The topological polar surface area (TPSA) is 54.5 Å². The van der Waals surface area contributed by atoms with Gasteiger partial charge in [-0.25, -0.2) is 8.42 Å². The molecule has 3 heterocycles. The van der Waals surface area contributed by atoms with Gasteiger partial charge in [-0.3, -0.25) is 4.79 Å². The van der Waals surface area contributed by atoms with Crippen molar-refractivity contribution >= 4 is 33.2 Å². The number of hydrogen-bond donors (Lipinski definition) is 0. The first-order valence-electron chi connectivity index (χ1n) is 5.80. The van der Waals surface area contributed by atoms with E-state index in [4.69, 9.17) is 0 Å². The lowest BCUT2D eigenvalue weighted by molar-refractivity contribution is -0.126. The lowest BCUT2D eigenvalue weighted by atomic mass is 10.2. The molecule has 4 nitrogen and oxygen atoms in total. The molecule has 2 aliphatic heterocycles. The average Bonchev–Trinajstić information content (AvgIpc) is 2.98. The molecule has 6 heteroatoms. The molecule has 1 aromatic rings. The summed E-state index contributed by atoms with van der Waals surface area (Å²) in [6, 6.07) is 3.76. The van der Waals surface area contributed by atoms with Gasteiger partial charge in [0.15, 0.2) is 9.84 Å². The summed E-state index contributed by atoms with van der Waals surface area (Å²) in [5, 5.41) is 1.62. The molecule has 2 atom stereocenters. The van der Waals surface area contributed by atoms with Crippen LogP contribution >= 0.6 is 11.3 Å². The van der Waals surface area contributed by atoms with E-state index in [1.165, 1.54) is 0 Å². The molecule has 3 rings (SSSR count). The van der Waals surface area contributed by atoms with Gasteiger partial charge in [0.2, 0.25) is 5.91 Å². The van der Waals surface area contributed by atoms with Crippen LogP contribution in [-0.2, 0) is 14.6 Å². The number of rotatable bonds is 2. The first kappa shape index (κ1) is 11.9. The lowest BCUT2D eigenvalue weighted by Crippen LogP contribution is -2.43. The molecule has 0 N–H and O–H groups in total. The Kier molecular flexibility index (Phi) is 2.79. The molecule has 0 aliphatic carbocycles. The van der Waals surface area contributed by atoms with E-state index in [9.17, 15) is 13.2 Å². The van der Waals surface area contributed by atoms with Crippen LogP contribution in [0.1, 0.15) is 11.3 Å². The lowest BCUT2D eigenvalue weighted by Gasteiger charge is -2.25. The minimum absolute atomic E-state index is 0.0780. The summed E-state index contributed by atoms with van der Waals surface area (Å²) >= 11 is 1.57. The monoisotopic (exact) mass is 283 g/mol. The van der Waals surface area contributed by atoms with Crippen molar-refractivity contribution in [3.8, 4) is 0 Å². The van der Waals surface area contributed by atoms with Crippen molar-refractivity contribution in [2.24, 2.45) is 0 Å². The van der Waals surface area contributed by atoms with Crippen LogP contribution < -0.4 is 0 Å². The molecule has 0 spiro atoms. The molecule has 2 saturated heterocycles. The average molecular weight is 283 g/mol. The van der Waals surface area contributed by atoms with Gasteiger partial charge in [0.05, 0.1) is 11.0 Å². The second-order valence-corrected chi connectivity index (χ2v) is 7.99. The van der Waals surface area contributed by atoms with Crippen molar-refractivity contribution in [2.45, 2.75) is 17.7 Å². The van der Waals surface area contributed by atoms with Crippen molar-refractivity contribution in [1.29, 1.82) is 0 Å². The van der Waals surface area contributed by atoms with Crippen LogP contribution in [0.15, 0.2) is 23.6 Å². The first-order valence-corrected chi connectivity index (χ1v) is 8.39. The van der Waals surface area contributed by atoms with Crippen molar-refractivity contribution < 1.29 is 13.2 Å². The minimum atomic E-state index is -2.93. The number of carbonyl (C=O) groups is 1. The zero-order chi connectivity index (χ0) is 12.8. The summed E-state index contributed by atoms with van der Waals surface area (Å²) in [5.74, 6) is 0.0572. The van der Waals surface area contributed by atoms with E-state index in [-0.39, 0.29) is 23.0 Å². The number of thiophene rings is 1. The molecule has 18 heavy (non-hydrogen) atoms. The molecule has 2 unspecified atom stereocenters. The summed E-state index contributed by atoms with van der Waals surface area (Å²) in [7, 11) is -2.93. The van der Waals surface area contributed by atoms with E-state index >= 15 is 0 Å². The minimum Gasteiger partial charge on any atom is -0.334 e. The van der Waals surface area contributed by atoms with Crippen molar-refractivity contribution in [3.05, 3.63) is 28.5 Å².